The Morgan fingerprint density at radius 3 is 2.47 bits per heavy atom. The highest BCUT2D eigenvalue weighted by Crippen LogP contribution is 2.41. The zero-order chi connectivity index (χ0) is 27.6. The normalized spacial score (nSPS) is 15.1. The van der Waals surface area contributed by atoms with E-state index in [1.165, 1.54) is 11.3 Å². The van der Waals surface area contributed by atoms with Crippen LogP contribution in [0.3, 0.4) is 0 Å². The van der Waals surface area contributed by atoms with Crippen molar-refractivity contribution in [2.75, 3.05) is 39.3 Å². The van der Waals surface area contributed by atoms with Crippen molar-refractivity contribution in [3.05, 3.63) is 83.0 Å². The zero-order valence-corrected chi connectivity index (χ0v) is 24.6. The van der Waals surface area contributed by atoms with Crippen molar-refractivity contribution in [1.29, 1.82) is 0 Å². The molecule has 1 atom stereocenters. The molecule has 200 valence electrons. The summed E-state index contributed by atoms with van der Waals surface area (Å²) in [5, 5.41) is 0. The third-order valence-electron chi connectivity index (χ3n) is 6.10. The first kappa shape index (κ1) is 27.7. The molecular weight excluding hydrogens is 570 g/mol. The maximum absolute atomic E-state index is 13.9. The number of esters is 1. The number of halogens is 1. The van der Waals surface area contributed by atoms with E-state index in [4.69, 9.17) is 14.2 Å². The number of methoxy groups -OCH3 is 1. The number of hydrogen-bond donors (Lipinski definition) is 0. The van der Waals surface area contributed by atoms with Crippen LogP contribution in [-0.4, -0.2) is 45.0 Å². The molecule has 2 aromatic carbocycles. The van der Waals surface area contributed by atoms with E-state index in [2.05, 4.69) is 20.9 Å². The number of benzene rings is 2. The van der Waals surface area contributed by atoms with Gasteiger partial charge in [0.15, 0.2) is 16.3 Å². The van der Waals surface area contributed by atoms with Crippen LogP contribution in [0.15, 0.2) is 61.9 Å². The maximum Gasteiger partial charge on any atom is 0.338 e. The van der Waals surface area contributed by atoms with Gasteiger partial charge in [0.2, 0.25) is 0 Å². The molecule has 8 nitrogen and oxygen atoms in total. The number of thiazole rings is 1. The highest BCUT2D eigenvalue weighted by Gasteiger charge is 2.35. The maximum atomic E-state index is 13.9. The van der Waals surface area contributed by atoms with Crippen molar-refractivity contribution in [3.63, 3.8) is 0 Å². The number of aromatic nitrogens is 1. The van der Waals surface area contributed by atoms with E-state index in [1.54, 1.807) is 37.7 Å². The van der Waals surface area contributed by atoms with Gasteiger partial charge < -0.3 is 19.1 Å². The van der Waals surface area contributed by atoms with Crippen LogP contribution in [0.4, 0.5) is 5.69 Å². The number of hydrogen-bond acceptors (Lipinski definition) is 8. The average molecular weight is 601 g/mol. The van der Waals surface area contributed by atoms with Crippen molar-refractivity contribution in [2.24, 2.45) is 4.99 Å². The van der Waals surface area contributed by atoms with Crippen LogP contribution in [-0.2, 0) is 9.53 Å². The fourth-order valence-corrected chi connectivity index (χ4v) is 5.88. The highest BCUT2D eigenvalue weighted by atomic mass is 79.9. The second-order valence-electron chi connectivity index (χ2n) is 8.75. The van der Waals surface area contributed by atoms with E-state index in [9.17, 15) is 9.59 Å². The smallest absolute Gasteiger partial charge is 0.338 e. The van der Waals surface area contributed by atoms with Gasteiger partial charge in [-0.25, -0.2) is 9.79 Å². The van der Waals surface area contributed by atoms with Gasteiger partial charge in [0.25, 0.3) is 5.56 Å². The fraction of sp³-hybridized carbons (Fsp3) is 0.321. The molecule has 0 saturated heterocycles. The fourth-order valence-electron chi connectivity index (χ4n) is 4.29. The van der Waals surface area contributed by atoms with Gasteiger partial charge in [0, 0.05) is 24.3 Å². The minimum atomic E-state index is -0.775. The molecule has 1 aliphatic rings. The standard InChI is InChI=1S/C28H30BrN3O5S/c1-7-36-22-15-20(29)19(14-21(22)35-6)25-24(27(34)37-8-2)16(3)30-28-32(25)26(33)23(38-28)13-17-9-11-18(12-10-17)31(4)5/h9-15,25H,7-8H2,1-6H3/b23-13+/t25-/m1/s1. The van der Waals surface area contributed by atoms with E-state index in [0.29, 0.717) is 48.7 Å². The van der Waals surface area contributed by atoms with Gasteiger partial charge in [0.05, 0.1) is 42.2 Å². The number of carbonyl (C=O) groups excluding carboxylic acids is 1. The van der Waals surface area contributed by atoms with E-state index in [0.717, 1.165) is 11.3 Å². The first-order valence-corrected chi connectivity index (χ1v) is 13.8. The predicted octanol–water partition coefficient (Wildman–Crippen LogP) is 4.03. The van der Waals surface area contributed by atoms with Crippen molar-refractivity contribution < 1.29 is 19.0 Å². The van der Waals surface area contributed by atoms with E-state index in [1.807, 2.05) is 56.3 Å². The Bertz CT molecular complexity index is 1570. The van der Waals surface area contributed by atoms with Gasteiger partial charge in [-0.15, -0.1) is 0 Å². The molecule has 2 heterocycles. The molecule has 0 aliphatic carbocycles. The topological polar surface area (TPSA) is 82.4 Å². The number of rotatable bonds is 8. The summed E-state index contributed by atoms with van der Waals surface area (Å²) in [6, 6.07) is 10.7. The molecule has 0 bridgehead atoms. The summed E-state index contributed by atoms with van der Waals surface area (Å²) in [7, 11) is 5.51. The molecular formula is C28H30BrN3O5S. The summed E-state index contributed by atoms with van der Waals surface area (Å²) in [4.78, 5) is 34.2. The Morgan fingerprint density at radius 1 is 1.16 bits per heavy atom. The molecule has 10 heteroatoms. The van der Waals surface area contributed by atoms with Crippen molar-refractivity contribution >= 4 is 45.0 Å². The van der Waals surface area contributed by atoms with Crippen LogP contribution in [0.2, 0.25) is 0 Å². The second-order valence-corrected chi connectivity index (χ2v) is 10.6. The lowest BCUT2D eigenvalue weighted by Gasteiger charge is -2.26. The van der Waals surface area contributed by atoms with Gasteiger partial charge in [-0.2, -0.15) is 0 Å². The van der Waals surface area contributed by atoms with E-state index >= 15 is 0 Å². The van der Waals surface area contributed by atoms with Crippen LogP contribution in [0.25, 0.3) is 6.08 Å². The van der Waals surface area contributed by atoms with Crippen LogP contribution in [0.5, 0.6) is 11.5 Å². The Balaban J connectivity index is 1.95. The number of fused-ring (bicyclic) bond motifs is 1. The number of ether oxygens (including phenoxy) is 3. The summed E-state index contributed by atoms with van der Waals surface area (Å²) in [6.45, 7) is 6.05. The molecule has 38 heavy (non-hydrogen) atoms. The molecule has 1 aliphatic heterocycles. The second kappa shape index (κ2) is 11.6. The Morgan fingerprint density at radius 2 is 1.87 bits per heavy atom. The molecule has 0 spiro atoms. The van der Waals surface area contributed by atoms with Gasteiger partial charge >= 0.3 is 5.97 Å². The molecule has 0 radical (unpaired) electrons. The third-order valence-corrected chi connectivity index (χ3v) is 7.77. The minimum Gasteiger partial charge on any atom is -0.493 e. The zero-order valence-electron chi connectivity index (χ0n) is 22.2. The number of allylic oxidation sites excluding steroid dienone is 1. The number of anilines is 1. The van der Waals surface area contributed by atoms with Crippen molar-refractivity contribution in [3.8, 4) is 11.5 Å². The van der Waals surface area contributed by atoms with Gasteiger partial charge in [-0.1, -0.05) is 39.4 Å². The minimum absolute atomic E-state index is 0.198. The van der Waals surface area contributed by atoms with Gasteiger partial charge in [-0.3, -0.25) is 9.36 Å². The summed E-state index contributed by atoms with van der Waals surface area (Å²) >= 11 is 4.93. The lowest BCUT2D eigenvalue weighted by molar-refractivity contribution is -0.139. The van der Waals surface area contributed by atoms with E-state index in [-0.39, 0.29) is 12.2 Å². The lowest BCUT2D eigenvalue weighted by Crippen LogP contribution is -2.40. The summed E-state index contributed by atoms with van der Waals surface area (Å²) in [5.41, 5.74) is 3.16. The van der Waals surface area contributed by atoms with Gasteiger partial charge in [0.1, 0.15) is 0 Å². The predicted molar refractivity (Wildman–Crippen MR) is 153 cm³/mol. The molecule has 3 aromatic rings. The summed E-state index contributed by atoms with van der Waals surface area (Å²) < 4.78 is 19.4. The molecule has 0 amide bonds. The largest absolute Gasteiger partial charge is 0.493 e. The number of carbonyl (C=O) groups is 1. The van der Waals surface area contributed by atoms with Crippen LogP contribution in [0.1, 0.15) is 37.9 Å². The Kier molecular flexibility index (Phi) is 8.42. The third kappa shape index (κ3) is 5.28. The molecule has 0 fully saturated rings. The first-order chi connectivity index (χ1) is 18.2. The monoisotopic (exact) mass is 599 g/mol. The lowest BCUT2D eigenvalue weighted by atomic mass is 9.95. The molecule has 0 N–H and O–H groups in total. The summed E-state index contributed by atoms with van der Waals surface area (Å²) in [5.74, 6) is 0.524. The van der Waals surface area contributed by atoms with Gasteiger partial charge in [-0.05, 0) is 62.2 Å². The Hall–Kier alpha value is -3.37. The number of nitrogens with zero attached hydrogens (tertiary/aromatic N) is 3. The molecule has 1 aromatic heterocycles. The SMILES string of the molecule is CCOC(=O)C1=C(C)N=c2s/c(=C/c3ccc(N(C)C)cc3)c(=O)n2[C@@H]1c1cc(OC)c(OCC)cc1Br. The highest BCUT2D eigenvalue weighted by molar-refractivity contribution is 9.10. The van der Waals surface area contributed by atoms with E-state index < -0.39 is 12.0 Å². The quantitative estimate of drug-likeness (QED) is 0.364. The molecule has 0 unspecified atom stereocenters. The Labute approximate surface area is 233 Å². The molecule has 4 rings (SSSR count). The molecule has 0 saturated carbocycles. The van der Waals surface area contributed by atoms with Crippen molar-refractivity contribution in [2.45, 2.75) is 26.8 Å². The van der Waals surface area contributed by atoms with Crippen LogP contribution in [0, 0.1) is 0 Å². The van der Waals surface area contributed by atoms with Crippen molar-refractivity contribution in [1.82, 2.24) is 4.57 Å². The first-order valence-electron chi connectivity index (χ1n) is 12.2. The summed E-state index contributed by atoms with van der Waals surface area (Å²) in [6.07, 6.45) is 1.84. The average Bonchev–Trinajstić information content (AvgIpc) is 3.18. The van der Waals surface area contributed by atoms with Crippen LogP contribution >= 0.6 is 27.3 Å². The van der Waals surface area contributed by atoms with Crippen LogP contribution < -0.4 is 29.3 Å².